The Kier molecular flexibility index (Phi) is 13.2. The Balaban J connectivity index is 1.99. The highest BCUT2D eigenvalue weighted by molar-refractivity contribution is 5.94. The zero-order valence-electron chi connectivity index (χ0n) is 26.5. The van der Waals surface area contributed by atoms with E-state index in [4.69, 9.17) is 59.1 Å². The van der Waals surface area contributed by atoms with Crippen LogP contribution in [0.2, 0.25) is 0 Å². The molecule has 0 aromatic heterocycles. The molecule has 18 nitrogen and oxygen atoms in total. The van der Waals surface area contributed by atoms with E-state index in [1.54, 1.807) is 6.08 Å². The summed E-state index contributed by atoms with van der Waals surface area (Å²) >= 11 is 0. The number of carbonyl (C=O) groups is 2. The quantitative estimate of drug-likeness (QED) is 0.0775. The summed E-state index contributed by atoms with van der Waals surface area (Å²) in [5.41, 5.74) is 37.3. The van der Waals surface area contributed by atoms with Crippen LogP contribution in [0.5, 0.6) is 0 Å². The van der Waals surface area contributed by atoms with E-state index in [0.29, 0.717) is 13.0 Å². The van der Waals surface area contributed by atoms with E-state index >= 15 is 0 Å². The van der Waals surface area contributed by atoms with Gasteiger partial charge in [0.15, 0.2) is 17.9 Å². The van der Waals surface area contributed by atoms with Gasteiger partial charge in [0.25, 0.3) is 0 Å². The lowest BCUT2D eigenvalue weighted by Gasteiger charge is -2.52. The van der Waals surface area contributed by atoms with Crippen LogP contribution >= 0.6 is 0 Å². The van der Waals surface area contributed by atoms with Crippen molar-refractivity contribution in [1.29, 1.82) is 0 Å². The number of ether oxygens (including phenoxy) is 4. The first kappa shape index (κ1) is 38.7. The van der Waals surface area contributed by atoms with Crippen LogP contribution in [0.4, 0.5) is 0 Å². The molecule has 0 aromatic rings. The molecule has 266 valence electrons. The highest BCUT2D eigenvalue weighted by Crippen LogP contribution is 2.38. The molecule has 2 fully saturated rings. The highest BCUT2D eigenvalue weighted by Gasteiger charge is 2.60. The number of rotatable bonds is 15. The Morgan fingerprint density at radius 2 is 1.76 bits per heavy atom. The Hall–Kier alpha value is -1.72. The summed E-state index contributed by atoms with van der Waals surface area (Å²) in [5.74, 6) is -1.24. The van der Waals surface area contributed by atoms with E-state index in [1.165, 1.54) is 14.0 Å². The van der Waals surface area contributed by atoms with E-state index in [2.05, 4.69) is 5.32 Å². The average molecular weight is 663 g/mol. The first-order valence-corrected chi connectivity index (χ1v) is 15.5. The summed E-state index contributed by atoms with van der Waals surface area (Å²) < 4.78 is 23.7. The van der Waals surface area contributed by atoms with Crippen molar-refractivity contribution in [1.82, 2.24) is 5.32 Å². The molecule has 0 aromatic carbocycles. The molecule has 0 spiro atoms. The van der Waals surface area contributed by atoms with Gasteiger partial charge in [-0.1, -0.05) is 0 Å². The second-order valence-electron chi connectivity index (χ2n) is 12.8. The van der Waals surface area contributed by atoms with Crippen molar-refractivity contribution in [3.63, 3.8) is 0 Å². The molecule has 0 amide bonds. The number of ketones is 2. The van der Waals surface area contributed by atoms with E-state index < -0.39 is 95.9 Å². The molecular weight excluding hydrogens is 608 g/mol. The first-order valence-electron chi connectivity index (χ1n) is 15.5. The smallest absolute Gasteiger partial charge is 0.225 e. The Bertz CT molecular complexity index is 1090. The molecular formula is C28H54N8O10. The number of nitrogens with two attached hydrogens (primary N) is 7. The maximum absolute atomic E-state index is 13.6. The van der Waals surface area contributed by atoms with Crippen molar-refractivity contribution in [2.45, 2.75) is 117 Å². The van der Waals surface area contributed by atoms with Crippen molar-refractivity contribution in [3.8, 4) is 0 Å². The first-order chi connectivity index (χ1) is 21.5. The molecule has 3 aliphatic rings. The molecule has 0 bridgehead atoms. The molecule has 2 aliphatic heterocycles. The third-order valence-corrected chi connectivity index (χ3v) is 9.12. The van der Waals surface area contributed by atoms with Crippen LogP contribution in [0.15, 0.2) is 11.8 Å². The van der Waals surface area contributed by atoms with Crippen molar-refractivity contribution in [2.24, 2.45) is 40.1 Å². The summed E-state index contributed by atoms with van der Waals surface area (Å²) in [6.07, 6.45) is -9.50. The van der Waals surface area contributed by atoms with Gasteiger partial charge in [0, 0.05) is 12.5 Å². The lowest BCUT2D eigenvalue weighted by Crippen LogP contribution is -2.76. The number of nitrogens with one attached hydrogen (secondary N) is 1. The normalized spacial score (nSPS) is 41.3. The topological polar surface area (TPSA) is 346 Å². The van der Waals surface area contributed by atoms with Gasteiger partial charge < -0.3 is 84.8 Å². The molecule has 18 heteroatoms. The molecule has 1 unspecified atom stereocenters. The van der Waals surface area contributed by atoms with Gasteiger partial charge in [-0.3, -0.25) is 9.59 Å². The number of carbonyl (C=O) groups excluding carboxylic acids is 2. The molecule has 0 radical (unpaired) electrons. The summed E-state index contributed by atoms with van der Waals surface area (Å²) in [7, 11) is 1.51. The molecule has 13 atom stereocenters. The number of Topliss-reactive ketones (excluding diaryl/α,β-unsaturated/α-hetero) is 2. The predicted molar refractivity (Wildman–Crippen MR) is 164 cm³/mol. The van der Waals surface area contributed by atoms with Crippen molar-refractivity contribution >= 4 is 11.6 Å². The minimum Gasteiger partial charge on any atom is -0.466 e. The number of aliphatic hydroxyl groups is 4. The van der Waals surface area contributed by atoms with Gasteiger partial charge in [-0.15, -0.1) is 0 Å². The minimum absolute atomic E-state index is 0.0473. The summed E-state index contributed by atoms with van der Waals surface area (Å²) in [6, 6.07) is -3.15. The minimum atomic E-state index is -2.14. The number of likely N-dealkylation sites (N-methyl/N-ethyl adjacent to an activating group) is 1. The molecule has 1 saturated heterocycles. The zero-order chi connectivity index (χ0) is 34.6. The third-order valence-electron chi connectivity index (χ3n) is 9.12. The van der Waals surface area contributed by atoms with Gasteiger partial charge in [-0.2, -0.15) is 0 Å². The number of hydrogen-bond donors (Lipinski definition) is 12. The van der Waals surface area contributed by atoms with Gasteiger partial charge in [0.05, 0.1) is 25.2 Å². The van der Waals surface area contributed by atoms with Crippen LogP contribution in [-0.2, 0) is 28.5 Å². The summed E-state index contributed by atoms with van der Waals surface area (Å²) in [6.45, 7) is 1.36. The zero-order valence-corrected chi connectivity index (χ0v) is 26.5. The van der Waals surface area contributed by atoms with E-state index in [-0.39, 0.29) is 44.7 Å². The maximum Gasteiger partial charge on any atom is 0.225 e. The Labute approximate surface area is 268 Å². The molecule has 46 heavy (non-hydrogen) atoms. The summed E-state index contributed by atoms with van der Waals surface area (Å²) in [4.78, 5) is 27.1. The molecule has 1 saturated carbocycles. The lowest BCUT2D eigenvalue weighted by atomic mass is 9.70. The van der Waals surface area contributed by atoms with Crippen molar-refractivity contribution in [3.05, 3.63) is 11.8 Å². The molecule has 1 aliphatic carbocycles. The number of aliphatic hydroxyl groups excluding tert-OH is 3. The van der Waals surface area contributed by atoms with Crippen LogP contribution in [-0.4, -0.2) is 143 Å². The average Bonchev–Trinajstić information content (AvgIpc) is 3.01. The summed E-state index contributed by atoms with van der Waals surface area (Å²) in [5, 5.41) is 46.9. The third kappa shape index (κ3) is 7.77. The van der Waals surface area contributed by atoms with Gasteiger partial charge in [0.2, 0.25) is 6.29 Å². The fourth-order valence-electron chi connectivity index (χ4n) is 6.41. The van der Waals surface area contributed by atoms with Crippen LogP contribution < -0.4 is 45.5 Å². The fourth-order valence-corrected chi connectivity index (χ4v) is 6.41. The molecule has 19 N–H and O–H groups in total. The van der Waals surface area contributed by atoms with Crippen LogP contribution in [0.1, 0.15) is 39.0 Å². The van der Waals surface area contributed by atoms with Gasteiger partial charge in [0.1, 0.15) is 53.0 Å². The number of hydrogen-bond acceptors (Lipinski definition) is 18. The lowest BCUT2D eigenvalue weighted by molar-refractivity contribution is -0.309. The van der Waals surface area contributed by atoms with Gasteiger partial charge in [-0.05, 0) is 58.8 Å². The standard InChI is InChI=1S/C28H54N8O10/c1-26(42)12-43-24(18(39)20(26)36-2)46-23-17(38)19(15(33)10-28(23,35)22(41)16(37)6-9-30)45-25-27(34,7-5-13(11-31)44-25)21(40)14(32)4-3-8-29/h5,14-20,23-25,36-39,42H,3-4,6-12,29-35H2,1-2H3/t14?,15-,16-,17-,18+,19+,20+,23+,24+,25+,26-,27-,28-/m0/s1. The van der Waals surface area contributed by atoms with E-state index in [1.807, 2.05) is 0 Å². The predicted octanol–water partition coefficient (Wildman–Crippen LogP) is -6.20. The fraction of sp³-hybridized carbons (Fsp3) is 0.857. The van der Waals surface area contributed by atoms with E-state index in [9.17, 15) is 30.0 Å². The molecule has 2 heterocycles. The van der Waals surface area contributed by atoms with Crippen LogP contribution in [0.3, 0.4) is 0 Å². The highest BCUT2D eigenvalue weighted by atomic mass is 16.7. The SMILES string of the molecule is CN[C@@H]1[C@@H](O)[C@@H](O[C@@H]2[C@@H](O)[C@H](O[C@H]3OC(CN)=CC[C@]3(N)C(=O)C(N)CCCN)[C@@H](N)C[C@]2(N)C(=O)[C@@H](O)CCN)OC[C@]1(C)O. The van der Waals surface area contributed by atoms with Gasteiger partial charge in [-0.25, -0.2) is 0 Å². The monoisotopic (exact) mass is 662 g/mol. The van der Waals surface area contributed by atoms with Crippen molar-refractivity contribution < 1.29 is 49.0 Å². The van der Waals surface area contributed by atoms with E-state index in [0.717, 1.165) is 0 Å². The maximum atomic E-state index is 13.6. The van der Waals surface area contributed by atoms with Crippen molar-refractivity contribution in [2.75, 3.05) is 33.3 Å². The molecule has 3 rings (SSSR count). The van der Waals surface area contributed by atoms with Gasteiger partial charge >= 0.3 is 0 Å². The van der Waals surface area contributed by atoms with Crippen LogP contribution in [0.25, 0.3) is 0 Å². The second-order valence-corrected chi connectivity index (χ2v) is 12.8. The van der Waals surface area contributed by atoms with Crippen LogP contribution in [0, 0.1) is 0 Å². The second kappa shape index (κ2) is 15.7. The largest absolute Gasteiger partial charge is 0.466 e. The Morgan fingerprint density at radius 3 is 2.35 bits per heavy atom. The Morgan fingerprint density at radius 1 is 1.09 bits per heavy atom.